The highest BCUT2D eigenvalue weighted by molar-refractivity contribution is 6.30. The summed E-state index contributed by atoms with van der Waals surface area (Å²) in [7, 11) is 0. The number of carbonyl (C=O) groups excluding carboxylic acids is 1. The Morgan fingerprint density at radius 3 is 2.63 bits per heavy atom. The molecule has 3 aromatic carbocycles. The van der Waals surface area contributed by atoms with Gasteiger partial charge in [-0.1, -0.05) is 29.8 Å². The summed E-state index contributed by atoms with van der Waals surface area (Å²) in [6.07, 6.45) is 1.35. The van der Waals surface area contributed by atoms with Crippen molar-refractivity contribution in [2.75, 3.05) is 11.9 Å². The molecule has 0 atom stereocenters. The molecule has 0 bridgehead atoms. The Labute approximate surface area is 205 Å². The fraction of sp³-hybridized carbons (Fsp3) is 0.120. The summed E-state index contributed by atoms with van der Waals surface area (Å²) >= 11 is 6.01. The average molecular weight is 494 g/mol. The zero-order valence-electron chi connectivity index (χ0n) is 18.5. The van der Waals surface area contributed by atoms with Crippen molar-refractivity contribution in [3.63, 3.8) is 0 Å². The number of nitrogens with one attached hydrogen (secondary N) is 1. The van der Waals surface area contributed by atoms with Gasteiger partial charge in [-0.15, -0.1) is 0 Å². The van der Waals surface area contributed by atoms with Gasteiger partial charge in [-0.25, -0.2) is 0 Å². The van der Waals surface area contributed by atoms with Gasteiger partial charge in [0.05, 0.1) is 23.3 Å². The fourth-order valence-corrected chi connectivity index (χ4v) is 3.25. The monoisotopic (exact) mass is 493 g/mol. The molecular weight excluding hydrogens is 474 g/mol. The maximum Gasteiger partial charge on any atom is 0.273 e. The molecule has 0 saturated heterocycles. The smallest absolute Gasteiger partial charge is 0.273 e. The predicted molar refractivity (Wildman–Crippen MR) is 130 cm³/mol. The van der Waals surface area contributed by atoms with Crippen LogP contribution in [0.5, 0.6) is 17.2 Å². The molecule has 10 heteroatoms. The van der Waals surface area contributed by atoms with Crippen LogP contribution in [0.3, 0.4) is 0 Å². The van der Waals surface area contributed by atoms with E-state index in [4.69, 9.17) is 21.1 Å². The highest BCUT2D eigenvalue weighted by Gasteiger charge is 2.15. The van der Waals surface area contributed by atoms with E-state index >= 15 is 0 Å². The van der Waals surface area contributed by atoms with Crippen LogP contribution in [-0.4, -0.2) is 22.5 Å². The van der Waals surface area contributed by atoms with Gasteiger partial charge in [0.2, 0.25) is 0 Å². The van der Waals surface area contributed by atoms with E-state index in [0.29, 0.717) is 28.7 Å². The normalized spacial score (nSPS) is 10.8. The van der Waals surface area contributed by atoms with Crippen LogP contribution >= 0.6 is 11.6 Å². The number of nitro benzene ring substituents is 1. The molecule has 0 radical (unpaired) electrons. The quantitative estimate of drug-likeness (QED) is 0.132. The first-order valence-electron chi connectivity index (χ1n) is 10.4. The number of benzene rings is 3. The summed E-state index contributed by atoms with van der Waals surface area (Å²) in [4.78, 5) is 22.7. The van der Waals surface area contributed by atoms with Crippen molar-refractivity contribution in [3.8, 4) is 23.3 Å². The first-order valence-corrected chi connectivity index (χ1v) is 10.7. The summed E-state index contributed by atoms with van der Waals surface area (Å²) in [5.41, 5.74) is 0.724. The average Bonchev–Trinajstić information content (AvgIpc) is 2.83. The van der Waals surface area contributed by atoms with E-state index in [0.717, 1.165) is 17.7 Å². The van der Waals surface area contributed by atoms with Crippen LogP contribution in [0.15, 0.2) is 66.2 Å². The van der Waals surface area contributed by atoms with Gasteiger partial charge in [0.1, 0.15) is 24.0 Å². The molecule has 0 saturated carbocycles. The lowest BCUT2D eigenvalue weighted by Crippen LogP contribution is -2.13. The van der Waals surface area contributed by atoms with Crippen LogP contribution in [-0.2, 0) is 11.4 Å². The Balaban J connectivity index is 1.79. The number of ether oxygens (including phenoxy) is 2. The minimum atomic E-state index is -0.795. The SMILES string of the molecule is CCOc1cc(C=C(C#N)C(=O)Nc2ccc([N+](=O)[O-])cc2O)ccc1OCc1cccc(Cl)c1. The summed E-state index contributed by atoms with van der Waals surface area (Å²) in [5.74, 6) is -0.391. The Morgan fingerprint density at radius 1 is 1.17 bits per heavy atom. The Hall–Kier alpha value is -4.55. The van der Waals surface area contributed by atoms with E-state index in [9.17, 15) is 25.3 Å². The highest BCUT2D eigenvalue weighted by Crippen LogP contribution is 2.31. The largest absolute Gasteiger partial charge is 0.506 e. The number of aromatic hydroxyl groups is 1. The maximum absolute atomic E-state index is 12.6. The van der Waals surface area contributed by atoms with E-state index in [1.54, 1.807) is 30.3 Å². The molecule has 0 heterocycles. The van der Waals surface area contributed by atoms with E-state index < -0.39 is 16.6 Å². The number of anilines is 1. The zero-order chi connectivity index (χ0) is 25.4. The van der Waals surface area contributed by atoms with Crippen molar-refractivity contribution < 1.29 is 24.3 Å². The number of nitro groups is 1. The summed E-state index contributed by atoms with van der Waals surface area (Å²) in [6.45, 7) is 2.44. The van der Waals surface area contributed by atoms with Crippen molar-refractivity contribution >= 4 is 35.0 Å². The molecule has 2 N–H and O–H groups in total. The Bertz CT molecular complexity index is 1330. The topological polar surface area (TPSA) is 135 Å². The number of halogens is 1. The van der Waals surface area contributed by atoms with Gasteiger partial charge in [0.25, 0.3) is 11.6 Å². The Morgan fingerprint density at radius 2 is 1.97 bits per heavy atom. The van der Waals surface area contributed by atoms with Crippen LogP contribution in [0.25, 0.3) is 6.08 Å². The van der Waals surface area contributed by atoms with Gasteiger partial charge in [-0.2, -0.15) is 5.26 Å². The van der Waals surface area contributed by atoms with Gasteiger partial charge in [0.15, 0.2) is 11.5 Å². The second-order valence-electron chi connectivity index (χ2n) is 7.14. The van der Waals surface area contributed by atoms with Gasteiger partial charge >= 0.3 is 0 Å². The highest BCUT2D eigenvalue weighted by atomic mass is 35.5. The third-order valence-corrected chi connectivity index (χ3v) is 4.90. The summed E-state index contributed by atoms with van der Waals surface area (Å²) in [5, 5.41) is 33.2. The van der Waals surface area contributed by atoms with Gasteiger partial charge in [-0.05, 0) is 54.5 Å². The van der Waals surface area contributed by atoms with E-state index in [1.165, 1.54) is 12.1 Å². The van der Waals surface area contributed by atoms with Crippen LogP contribution < -0.4 is 14.8 Å². The lowest BCUT2D eigenvalue weighted by atomic mass is 10.1. The fourth-order valence-electron chi connectivity index (χ4n) is 3.03. The molecule has 9 nitrogen and oxygen atoms in total. The lowest BCUT2D eigenvalue weighted by molar-refractivity contribution is -0.384. The number of carbonyl (C=O) groups is 1. The van der Waals surface area contributed by atoms with Crippen molar-refractivity contribution in [2.24, 2.45) is 0 Å². The minimum absolute atomic E-state index is 0.0680. The second-order valence-corrected chi connectivity index (χ2v) is 7.58. The van der Waals surface area contributed by atoms with Crippen LogP contribution in [0, 0.1) is 21.4 Å². The number of phenols is 1. The number of amides is 1. The first-order chi connectivity index (χ1) is 16.8. The molecule has 3 rings (SSSR count). The standard InChI is InChI=1S/C25H20ClN3O6/c1-2-34-24-12-16(6-9-23(24)35-15-17-4-3-5-19(26)11-17)10-18(14-27)25(31)28-21-8-7-20(29(32)33)13-22(21)30/h3-13,30H,2,15H2,1H3,(H,28,31). The molecule has 35 heavy (non-hydrogen) atoms. The van der Waals surface area contributed by atoms with Crippen molar-refractivity contribution in [2.45, 2.75) is 13.5 Å². The van der Waals surface area contributed by atoms with Gasteiger partial charge < -0.3 is 19.9 Å². The number of hydrogen-bond donors (Lipinski definition) is 2. The lowest BCUT2D eigenvalue weighted by Gasteiger charge is -2.13. The molecule has 0 spiro atoms. The van der Waals surface area contributed by atoms with E-state index in [-0.39, 0.29) is 23.6 Å². The molecule has 1 amide bonds. The van der Waals surface area contributed by atoms with Gasteiger partial charge in [-0.3, -0.25) is 14.9 Å². The van der Waals surface area contributed by atoms with Crippen LogP contribution in [0.1, 0.15) is 18.1 Å². The zero-order valence-corrected chi connectivity index (χ0v) is 19.3. The molecule has 0 aliphatic heterocycles. The molecular formula is C25H20ClN3O6. The third-order valence-electron chi connectivity index (χ3n) is 4.67. The number of phenolic OH excluding ortho intramolecular Hbond substituents is 1. The maximum atomic E-state index is 12.6. The van der Waals surface area contributed by atoms with Crippen LogP contribution in [0.2, 0.25) is 5.02 Å². The van der Waals surface area contributed by atoms with Gasteiger partial charge in [0, 0.05) is 11.1 Å². The van der Waals surface area contributed by atoms with Crippen molar-refractivity contribution in [1.29, 1.82) is 5.26 Å². The molecule has 0 aliphatic carbocycles. The molecule has 178 valence electrons. The molecule has 0 unspecified atom stereocenters. The number of nitrogens with zero attached hydrogens (tertiary/aromatic N) is 2. The third kappa shape index (κ3) is 6.72. The molecule has 0 fully saturated rings. The number of hydrogen-bond acceptors (Lipinski definition) is 7. The number of nitriles is 1. The molecule has 3 aromatic rings. The number of rotatable bonds is 9. The second kappa shape index (κ2) is 11.5. The predicted octanol–water partition coefficient (Wildman–Crippen LogP) is 5.48. The molecule has 0 aliphatic rings. The van der Waals surface area contributed by atoms with Crippen molar-refractivity contribution in [1.82, 2.24) is 0 Å². The van der Waals surface area contributed by atoms with Crippen LogP contribution in [0.4, 0.5) is 11.4 Å². The minimum Gasteiger partial charge on any atom is -0.506 e. The Kier molecular flexibility index (Phi) is 8.27. The van der Waals surface area contributed by atoms with Crippen molar-refractivity contribution in [3.05, 3.63) is 92.5 Å². The summed E-state index contributed by atoms with van der Waals surface area (Å²) in [6, 6.07) is 17.2. The summed E-state index contributed by atoms with van der Waals surface area (Å²) < 4.78 is 11.5. The number of non-ortho nitro benzene ring substituents is 1. The first kappa shape index (κ1) is 25.1. The van der Waals surface area contributed by atoms with E-state index in [2.05, 4.69) is 5.32 Å². The molecule has 0 aromatic heterocycles. The van der Waals surface area contributed by atoms with E-state index in [1.807, 2.05) is 25.1 Å².